The summed E-state index contributed by atoms with van der Waals surface area (Å²) in [7, 11) is 1.96. The van der Waals surface area contributed by atoms with Gasteiger partial charge in [0.2, 0.25) is 0 Å². The molecular weight excluding hydrogens is 229 g/mol. The van der Waals surface area contributed by atoms with Gasteiger partial charge in [0.15, 0.2) is 0 Å². The Bertz CT molecular complexity index is 507. The fourth-order valence-corrected chi connectivity index (χ4v) is 2.00. The molecule has 1 atom stereocenters. The highest BCUT2D eigenvalue weighted by atomic mass is 19.1. The van der Waals surface area contributed by atoms with Gasteiger partial charge in [-0.2, -0.15) is 0 Å². The monoisotopic (exact) mass is 247 g/mol. The number of rotatable bonds is 5. The first-order valence-corrected chi connectivity index (χ1v) is 6.12. The van der Waals surface area contributed by atoms with Crippen LogP contribution in [0.5, 0.6) is 0 Å². The molecule has 1 aromatic heterocycles. The van der Waals surface area contributed by atoms with Gasteiger partial charge >= 0.3 is 0 Å². The molecule has 1 aromatic carbocycles. The third-order valence-corrected chi connectivity index (χ3v) is 3.10. The summed E-state index contributed by atoms with van der Waals surface area (Å²) in [6.07, 6.45) is 5.88. The predicted octanol–water partition coefficient (Wildman–Crippen LogP) is 2.06. The second-order valence-electron chi connectivity index (χ2n) is 4.55. The van der Waals surface area contributed by atoms with Crippen LogP contribution in [0.1, 0.15) is 17.8 Å². The number of hydrogen-bond acceptors (Lipinski definition) is 2. The molecule has 3 nitrogen and oxygen atoms in total. The van der Waals surface area contributed by atoms with E-state index >= 15 is 0 Å². The average Bonchev–Trinajstić information content (AvgIpc) is 2.75. The van der Waals surface area contributed by atoms with Crippen LogP contribution >= 0.6 is 0 Å². The van der Waals surface area contributed by atoms with Gasteiger partial charge in [-0.25, -0.2) is 9.37 Å². The number of aryl methyl sites for hydroxylation is 2. The van der Waals surface area contributed by atoms with E-state index < -0.39 is 0 Å². The van der Waals surface area contributed by atoms with E-state index in [1.54, 1.807) is 18.3 Å². The SMILES string of the molecule is Cn1ccnc1CCC(N)Cc1ccccc1F. The molecule has 0 radical (unpaired) electrons. The lowest BCUT2D eigenvalue weighted by molar-refractivity contribution is 0.557. The third-order valence-electron chi connectivity index (χ3n) is 3.10. The van der Waals surface area contributed by atoms with Crippen molar-refractivity contribution in [1.29, 1.82) is 0 Å². The summed E-state index contributed by atoms with van der Waals surface area (Å²) in [4.78, 5) is 4.25. The van der Waals surface area contributed by atoms with Crippen LogP contribution in [-0.4, -0.2) is 15.6 Å². The van der Waals surface area contributed by atoms with Crippen molar-refractivity contribution in [2.75, 3.05) is 0 Å². The number of imidazole rings is 1. The lowest BCUT2D eigenvalue weighted by Crippen LogP contribution is -2.24. The van der Waals surface area contributed by atoms with Gasteiger partial charge in [0.1, 0.15) is 11.6 Å². The Kier molecular flexibility index (Phi) is 4.10. The zero-order valence-corrected chi connectivity index (χ0v) is 10.5. The highest BCUT2D eigenvalue weighted by Gasteiger charge is 2.09. The lowest BCUT2D eigenvalue weighted by Gasteiger charge is -2.12. The van der Waals surface area contributed by atoms with Crippen LogP contribution in [0, 0.1) is 5.82 Å². The molecule has 4 heteroatoms. The number of aromatic nitrogens is 2. The average molecular weight is 247 g/mol. The van der Waals surface area contributed by atoms with Gasteiger partial charge in [-0.05, 0) is 24.5 Å². The summed E-state index contributed by atoms with van der Waals surface area (Å²) >= 11 is 0. The van der Waals surface area contributed by atoms with Crippen molar-refractivity contribution in [3.05, 3.63) is 53.9 Å². The molecule has 0 saturated heterocycles. The van der Waals surface area contributed by atoms with E-state index in [9.17, 15) is 4.39 Å². The lowest BCUT2D eigenvalue weighted by atomic mass is 10.0. The first-order chi connectivity index (χ1) is 8.66. The highest BCUT2D eigenvalue weighted by Crippen LogP contribution is 2.11. The molecule has 0 aliphatic heterocycles. The van der Waals surface area contributed by atoms with E-state index in [0.717, 1.165) is 18.7 Å². The molecule has 1 unspecified atom stereocenters. The van der Waals surface area contributed by atoms with E-state index in [1.807, 2.05) is 23.9 Å². The second-order valence-corrected chi connectivity index (χ2v) is 4.55. The van der Waals surface area contributed by atoms with Gasteiger partial charge < -0.3 is 10.3 Å². The van der Waals surface area contributed by atoms with Gasteiger partial charge in [-0.3, -0.25) is 0 Å². The van der Waals surface area contributed by atoms with Crippen molar-refractivity contribution >= 4 is 0 Å². The summed E-state index contributed by atoms with van der Waals surface area (Å²) in [5.74, 6) is 0.837. The van der Waals surface area contributed by atoms with E-state index in [4.69, 9.17) is 5.73 Å². The minimum atomic E-state index is -0.176. The number of nitrogens with zero attached hydrogens (tertiary/aromatic N) is 2. The maximum absolute atomic E-state index is 13.5. The summed E-state index contributed by atoms with van der Waals surface area (Å²) in [6, 6.07) is 6.75. The van der Waals surface area contributed by atoms with E-state index in [1.165, 1.54) is 6.07 Å². The van der Waals surface area contributed by atoms with Crippen molar-refractivity contribution in [1.82, 2.24) is 9.55 Å². The van der Waals surface area contributed by atoms with Gasteiger partial charge in [-0.15, -0.1) is 0 Å². The predicted molar refractivity (Wildman–Crippen MR) is 69.6 cm³/mol. The van der Waals surface area contributed by atoms with Gasteiger partial charge in [0, 0.05) is 31.9 Å². The zero-order valence-electron chi connectivity index (χ0n) is 10.5. The fraction of sp³-hybridized carbons (Fsp3) is 0.357. The fourth-order valence-electron chi connectivity index (χ4n) is 2.00. The zero-order chi connectivity index (χ0) is 13.0. The summed E-state index contributed by atoms with van der Waals surface area (Å²) in [6.45, 7) is 0. The molecule has 18 heavy (non-hydrogen) atoms. The Labute approximate surface area is 106 Å². The van der Waals surface area contributed by atoms with Crippen LogP contribution in [0.25, 0.3) is 0 Å². The van der Waals surface area contributed by atoms with Crippen LogP contribution in [0.4, 0.5) is 4.39 Å². The Hall–Kier alpha value is -1.68. The molecule has 0 aliphatic rings. The molecule has 1 heterocycles. The maximum atomic E-state index is 13.5. The summed E-state index contributed by atoms with van der Waals surface area (Å²) < 4.78 is 15.4. The van der Waals surface area contributed by atoms with Gasteiger partial charge in [0.25, 0.3) is 0 Å². The van der Waals surface area contributed by atoms with Crippen LogP contribution in [0.15, 0.2) is 36.7 Å². The minimum Gasteiger partial charge on any atom is -0.338 e. The summed E-state index contributed by atoms with van der Waals surface area (Å²) in [5.41, 5.74) is 6.72. The summed E-state index contributed by atoms with van der Waals surface area (Å²) in [5, 5.41) is 0. The largest absolute Gasteiger partial charge is 0.338 e. The molecule has 0 amide bonds. The Morgan fingerprint density at radius 2 is 2.17 bits per heavy atom. The molecule has 2 N–H and O–H groups in total. The Morgan fingerprint density at radius 1 is 1.39 bits per heavy atom. The number of halogens is 1. The highest BCUT2D eigenvalue weighted by molar-refractivity contribution is 5.18. The molecule has 0 saturated carbocycles. The number of hydrogen-bond donors (Lipinski definition) is 1. The molecule has 0 aliphatic carbocycles. The molecule has 2 aromatic rings. The number of nitrogens with two attached hydrogens (primary N) is 1. The molecule has 96 valence electrons. The molecule has 0 spiro atoms. The molecular formula is C14H18FN3. The van der Waals surface area contributed by atoms with Crippen molar-refractivity contribution in [3.8, 4) is 0 Å². The maximum Gasteiger partial charge on any atom is 0.126 e. The van der Waals surface area contributed by atoms with Crippen LogP contribution in [0.2, 0.25) is 0 Å². The normalized spacial score (nSPS) is 12.6. The quantitative estimate of drug-likeness (QED) is 0.879. The minimum absolute atomic E-state index is 0.0430. The third kappa shape index (κ3) is 3.17. The first-order valence-electron chi connectivity index (χ1n) is 6.12. The first kappa shape index (κ1) is 12.8. The second kappa shape index (κ2) is 5.78. The Morgan fingerprint density at radius 3 is 2.83 bits per heavy atom. The topological polar surface area (TPSA) is 43.8 Å². The number of benzene rings is 1. The van der Waals surface area contributed by atoms with Crippen LogP contribution < -0.4 is 5.73 Å². The van der Waals surface area contributed by atoms with Crippen molar-refractivity contribution in [3.63, 3.8) is 0 Å². The van der Waals surface area contributed by atoms with Gasteiger partial charge in [0.05, 0.1) is 0 Å². The Balaban J connectivity index is 1.88. The van der Waals surface area contributed by atoms with E-state index in [0.29, 0.717) is 12.0 Å². The van der Waals surface area contributed by atoms with Crippen molar-refractivity contribution in [2.24, 2.45) is 12.8 Å². The van der Waals surface area contributed by atoms with Crippen LogP contribution in [-0.2, 0) is 19.9 Å². The molecule has 0 fully saturated rings. The standard InChI is InChI=1S/C14H18FN3/c1-18-9-8-17-14(18)7-6-12(16)10-11-4-2-3-5-13(11)15/h2-5,8-9,12H,6-7,10,16H2,1H3. The van der Waals surface area contributed by atoms with E-state index in [-0.39, 0.29) is 11.9 Å². The smallest absolute Gasteiger partial charge is 0.126 e. The molecule has 0 bridgehead atoms. The van der Waals surface area contributed by atoms with Crippen molar-refractivity contribution in [2.45, 2.75) is 25.3 Å². The van der Waals surface area contributed by atoms with Crippen molar-refractivity contribution < 1.29 is 4.39 Å². The van der Waals surface area contributed by atoms with E-state index in [2.05, 4.69) is 4.98 Å². The van der Waals surface area contributed by atoms with Crippen LogP contribution in [0.3, 0.4) is 0 Å². The van der Waals surface area contributed by atoms with Gasteiger partial charge in [-0.1, -0.05) is 18.2 Å². The molecule has 2 rings (SSSR count).